The molecule has 0 aromatic heterocycles. The highest BCUT2D eigenvalue weighted by atomic mass is 16.5. The third kappa shape index (κ3) is 4.99. The van der Waals surface area contributed by atoms with Crippen molar-refractivity contribution in [1.29, 1.82) is 0 Å². The van der Waals surface area contributed by atoms with E-state index in [1.807, 2.05) is 37.3 Å². The predicted octanol–water partition coefficient (Wildman–Crippen LogP) is 2.87. The first-order valence-electron chi connectivity index (χ1n) is 8.21. The third-order valence-corrected chi connectivity index (χ3v) is 3.85. The zero-order valence-electron chi connectivity index (χ0n) is 15.4. The van der Waals surface area contributed by atoms with Crippen molar-refractivity contribution in [1.82, 2.24) is 5.32 Å². The molecule has 0 heterocycles. The molecule has 0 aliphatic heterocycles. The van der Waals surface area contributed by atoms with Crippen LogP contribution in [-0.2, 0) is 16.1 Å². The Hall–Kier alpha value is -3.02. The molecule has 2 aromatic carbocycles. The third-order valence-electron chi connectivity index (χ3n) is 3.85. The Kier molecular flexibility index (Phi) is 6.60. The Morgan fingerprint density at radius 2 is 1.73 bits per heavy atom. The van der Waals surface area contributed by atoms with E-state index < -0.39 is 12.1 Å². The Labute approximate surface area is 153 Å². The molecule has 6 nitrogen and oxygen atoms in total. The molecule has 0 aliphatic rings. The lowest BCUT2D eigenvalue weighted by Crippen LogP contribution is -2.35. The second kappa shape index (κ2) is 8.89. The van der Waals surface area contributed by atoms with Gasteiger partial charge in [-0.25, -0.2) is 4.79 Å². The fraction of sp³-hybridized carbons (Fsp3) is 0.300. The molecule has 6 heteroatoms. The minimum Gasteiger partial charge on any atom is -0.497 e. The van der Waals surface area contributed by atoms with E-state index in [1.54, 1.807) is 19.2 Å². The van der Waals surface area contributed by atoms with Crippen LogP contribution < -0.4 is 14.8 Å². The number of carbonyl (C=O) groups is 2. The highest BCUT2D eigenvalue weighted by Gasteiger charge is 2.21. The van der Waals surface area contributed by atoms with Crippen molar-refractivity contribution in [3.8, 4) is 11.5 Å². The number of esters is 1. The summed E-state index contributed by atoms with van der Waals surface area (Å²) in [5.41, 5.74) is 2.11. The number of rotatable bonds is 7. The lowest BCUT2D eigenvalue weighted by atomic mass is 10.1. The predicted molar refractivity (Wildman–Crippen MR) is 97.4 cm³/mol. The molecule has 0 spiro atoms. The molecule has 1 atom stereocenters. The van der Waals surface area contributed by atoms with Gasteiger partial charge in [-0.15, -0.1) is 0 Å². The van der Waals surface area contributed by atoms with Gasteiger partial charge in [-0.3, -0.25) is 4.79 Å². The molecule has 1 amide bonds. The van der Waals surface area contributed by atoms with Crippen LogP contribution in [0.5, 0.6) is 11.5 Å². The van der Waals surface area contributed by atoms with Crippen LogP contribution in [0.3, 0.4) is 0 Å². The van der Waals surface area contributed by atoms with Gasteiger partial charge in [0.2, 0.25) is 0 Å². The molecule has 0 fully saturated rings. The zero-order valence-corrected chi connectivity index (χ0v) is 15.4. The molecule has 2 aromatic rings. The molecule has 138 valence electrons. The maximum absolute atomic E-state index is 12.3. The van der Waals surface area contributed by atoms with Gasteiger partial charge in [0, 0.05) is 6.54 Å². The Morgan fingerprint density at radius 3 is 2.35 bits per heavy atom. The van der Waals surface area contributed by atoms with E-state index in [2.05, 4.69) is 5.32 Å². The number of methoxy groups -OCH3 is 2. The number of benzene rings is 2. The van der Waals surface area contributed by atoms with E-state index in [1.165, 1.54) is 14.0 Å². The van der Waals surface area contributed by atoms with Crippen molar-refractivity contribution in [2.24, 2.45) is 0 Å². The first kappa shape index (κ1) is 19.3. The average Bonchev–Trinajstić information content (AvgIpc) is 2.66. The molecule has 26 heavy (non-hydrogen) atoms. The summed E-state index contributed by atoms with van der Waals surface area (Å²) < 4.78 is 15.5. The monoisotopic (exact) mass is 357 g/mol. The number of hydrogen-bond acceptors (Lipinski definition) is 5. The first-order valence-corrected chi connectivity index (χ1v) is 8.21. The van der Waals surface area contributed by atoms with Crippen molar-refractivity contribution >= 4 is 11.9 Å². The molecule has 0 bridgehead atoms. The number of hydrogen-bond donors (Lipinski definition) is 1. The Bertz CT molecular complexity index is 770. The summed E-state index contributed by atoms with van der Waals surface area (Å²) in [6, 6.07) is 12.5. The second-order valence-corrected chi connectivity index (χ2v) is 5.82. The van der Waals surface area contributed by atoms with Crippen LogP contribution >= 0.6 is 0 Å². The summed E-state index contributed by atoms with van der Waals surface area (Å²) >= 11 is 0. The fourth-order valence-electron chi connectivity index (χ4n) is 2.34. The molecule has 0 saturated heterocycles. The van der Waals surface area contributed by atoms with Crippen LogP contribution in [0, 0.1) is 6.92 Å². The number of aryl methyl sites for hydroxylation is 1. The molecular weight excluding hydrogens is 334 g/mol. The van der Waals surface area contributed by atoms with Crippen molar-refractivity contribution in [2.75, 3.05) is 14.2 Å². The quantitative estimate of drug-likeness (QED) is 0.772. The van der Waals surface area contributed by atoms with Crippen molar-refractivity contribution < 1.29 is 23.8 Å². The summed E-state index contributed by atoms with van der Waals surface area (Å²) in [6.45, 7) is 3.73. The summed E-state index contributed by atoms with van der Waals surface area (Å²) in [4.78, 5) is 24.5. The van der Waals surface area contributed by atoms with Crippen LogP contribution in [0.25, 0.3) is 0 Å². The molecule has 2 rings (SSSR count). The van der Waals surface area contributed by atoms with E-state index in [0.717, 1.165) is 16.9 Å². The number of nitrogens with one attached hydrogen (secondary N) is 1. The number of ether oxygens (including phenoxy) is 3. The maximum Gasteiger partial charge on any atom is 0.342 e. The second-order valence-electron chi connectivity index (χ2n) is 5.82. The van der Waals surface area contributed by atoms with Crippen LogP contribution in [0.1, 0.15) is 28.4 Å². The lowest BCUT2D eigenvalue weighted by Gasteiger charge is -2.15. The van der Waals surface area contributed by atoms with E-state index in [4.69, 9.17) is 14.2 Å². The lowest BCUT2D eigenvalue weighted by molar-refractivity contribution is -0.129. The number of carbonyl (C=O) groups excluding carboxylic acids is 2. The summed E-state index contributed by atoms with van der Waals surface area (Å²) in [5.74, 6) is 0.180. The van der Waals surface area contributed by atoms with E-state index in [0.29, 0.717) is 17.9 Å². The van der Waals surface area contributed by atoms with Gasteiger partial charge >= 0.3 is 5.97 Å². The van der Waals surface area contributed by atoms with E-state index in [9.17, 15) is 9.59 Å². The van der Waals surface area contributed by atoms with E-state index >= 15 is 0 Å². The highest BCUT2D eigenvalue weighted by molar-refractivity contribution is 5.94. The van der Waals surface area contributed by atoms with Crippen molar-refractivity contribution in [3.63, 3.8) is 0 Å². The Morgan fingerprint density at radius 1 is 1.04 bits per heavy atom. The van der Waals surface area contributed by atoms with Gasteiger partial charge < -0.3 is 19.5 Å². The Balaban J connectivity index is 1.93. The smallest absolute Gasteiger partial charge is 0.342 e. The van der Waals surface area contributed by atoms with Crippen LogP contribution in [0.15, 0.2) is 42.5 Å². The standard InChI is InChI=1S/C20H23NO5/c1-13-5-10-18(25-4)17(11-13)20(23)26-14(2)19(22)21-12-15-6-8-16(24-3)9-7-15/h5-11,14H,12H2,1-4H3,(H,21,22)/t14-/m1/s1. The minimum absolute atomic E-state index is 0.294. The maximum atomic E-state index is 12.3. The molecule has 0 saturated carbocycles. The molecule has 0 aliphatic carbocycles. The molecular formula is C20H23NO5. The largest absolute Gasteiger partial charge is 0.497 e. The SMILES string of the molecule is COc1ccc(CNC(=O)[C@@H](C)OC(=O)c2cc(C)ccc2OC)cc1. The normalized spacial score (nSPS) is 11.4. The average molecular weight is 357 g/mol. The van der Waals surface area contributed by atoms with Crippen molar-refractivity contribution in [3.05, 3.63) is 59.2 Å². The fourth-order valence-corrected chi connectivity index (χ4v) is 2.34. The summed E-state index contributed by atoms with van der Waals surface area (Å²) in [7, 11) is 3.07. The highest BCUT2D eigenvalue weighted by Crippen LogP contribution is 2.21. The van der Waals surface area contributed by atoms with Gasteiger partial charge in [0.25, 0.3) is 5.91 Å². The van der Waals surface area contributed by atoms with Gasteiger partial charge in [0.15, 0.2) is 6.10 Å². The van der Waals surface area contributed by atoms with Gasteiger partial charge in [-0.1, -0.05) is 23.8 Å². The minimum atomic E-state index is -0.925. The van der Waals surface area contributed by atoms with Gasteiger partial charge in [-0.05, 0) is 43.7 Å². The van der Waals surface area contributed by atoms with Gasteiger partial charge in [-0.2, -0.15) is 0 Å². The number of amides is 1. The first-order chi connectivity index (χ1) is 12.4. The van der Waals surface area contributed by atoms with Crippen LogP contribution in [0.2, 0.25) is 0 Å². The van der Waals surface area contributed by atoms with Crippen LogP contribution in [-0.4, -0.2) is 32.2 Å². The van der Waals surface area contributed by atoms with Crippen molar-refractivity contribution in [2.45, 2.75) is 26.5 Å². The topological polar surface area (TPSA) is 73.9 Å². The van der Waals surface area contributed by atoms with Gasteiger partial charge in [0.05, 0.1) is 14.2 Å². The molecule has 0 unspecified atom stereocenters. The molecule has 1 N–H and O–H groups in total. The van der Waals surface area contributed by atoms with Gasteiger partial charge in [0.1, 0.15) is 17.1 Å². The summed E-state index contributed by atoms with van der Waals surface area (Å²) in [5, 5.41) is 2.74. The zero-order chi connectivity index (χ0) is 19.1. The van der Waals surface area contributed by atoms with E-state index in [-0.39, 0.29) is 5.91 Å². The molecule has 0 radical (unpaired) electrons. The van der Waals surface area contributed by atoms with Crippen LogP contribution in [0.4, 0.5) is 0 Å². The summed E-state index contributed by atoms with van der Waals surface area (Å²) in [6.07, 6.45) is -0.925.